The number of pyridine rings is 1. The van der Waals surface area contributed by atoms with Crippen molar-refractivity contribution >= 4 is 16.9 Å². The first-order valence-electron chi connectivity index (χ1n) is 10.8. The van der Waals surface area contributed by atoms with E-state index >= 15 is 0 Å². The summed E-state index contributed by atoms with van der Waals surface area (Å²) in [6, 6.07) is 20.1. The average molecular weight is 417 g/mol. The van der Waals surface area contributed by atoms with Crippen LogP contribution in [0.1, 0.15) is 53.6 Å². The number of thioether (sulfide) groups is 1. The maximum atomic E-state index is 5.17. The Labute approximate surface area is 183 Å². The summed E-state index contributed by atoms with van der Waals surface area (Å²) < 4.78 is 2.45. The zero-order chi connectivity index (χ0) is 20.7. The largest absolute Gasteiger partial charge is 0.344 e. The third-order valence-electron chi connectivity index (χ3n) is 6.44. The van der Waals surface area contributed by atoms with E-state index in [0.717, 1.165) is 24.4 Å². The van der Waals surface area contributed by atoms with E-state index in [9.17, 15) is 0 Å². The summed E-state index contributed by atoms with van der Waals surface area (Å²) in [4.78, 5) is 12.4. The van der Waals surface area contributed by atoms with Crippen LogP contribution in [0.15, 0.2) is 65.8 Å². The highest BCUT2D eigenvalue weighted by Gasteiger charge is 2.46. The molecule has 5 rings (SSSR count). The molecule has 4 heterocycles. The zero-order valence-electron chi connectivity index (χ0n) is 17.8. The summed E-state index contributed by atoms with van der Waals surface area (Å²) >= 11 is 1.90. The van der Waals surface area contributed by atoms with Crippen molar-refractivity contribution in [1.82, 2.24) is 14.5 Å². The number of rotatable bonds is 5. The predicted molar refractivity (Wildman–Crippen MR) is 125 cm³/mol. The number of amidine groups is 1. The Morgan fingerprint density at radius 3 is 2.60 bits per heavy atom. The first-order valence-corrected chi connectivity index (χ1v) is 11.8. The van der Waals surface area contributed by atoms with Crippen LogP contribution in [-0.4, -0.2) is 31.4 Å². The van der Waals surface area contributed by atoms with Crippen LogP contribution in [0, 0.1) is 13.8 Å². The van der Waals surface area contributed by atoms with Gasteiger partial charge in [-0.2, -0.15) is 0 Å². The topological polar surface area (TPSA) is 33.4 Å². The number of hydrogen-bond donors (Lipinski definition) is 0. The summed E-state index contributed by atoms with van der Waals surface area (Å²) in [6.07, 6.45) is 3.03. The molecule has 0 amide bonds. The Hall–Kier alpha value is -2.53. The molecular weight excluding hydrogens is 388 g/mol. The fourth-order valence-electron chi connectivity index (χ4n) is 4.82. The predicted octanol–water partition coefficient (Wildman–Crippen LogP) is 5.53. The van der Waals surface area contributed by atoms with Gasteiger partial charge in [-0.1, -0.05) is 55.1 Å². The zero-order valence-corrected chi connectivity index (χ0v) is 18.6. The molecule has 1 saturated heterocycles. The van der Waals surface area contributed by atoms with Gasteiger partial charge in [0.05, 0.1) is 11.7 Å². The van der Waals surface area contributed by atoms with Crippen molar-refractivity contribution in [2.24, 2.45) is 4.99 Å². The van der Waals surface area contributed by atoms with Crippen LogP contribution in [-0.2, 0) is 6.54 Å². The molecule has 1 fully saturated rings. The van der Waals surface area contributed by atoms with Crippen molar-refractivity contribution in [3.05, 3.63) is 89.0 Å². The molecule has 0 spiro atoms. The highest BCUT2D eigenvalue weighted by molar-refractivity contribution is 8.14. The SMILES string of the molecule is CC[C@@H]1CSC2=N[C@@H](c3ccccn3)[C@@H](c3cc(C)n(Cc4ccccc4)c3C)N21. The Bertz CT molecular complexity index is 1060. The molecule has 2 aliphatic heterocycles. The lowest BCUT2D eigenvalue weighted by atomic mass is 9.95. The molecule has 0 unspecified atom stereocenters. The molecule has 2 aliphatic rings. The molecule has 154 valence electrons. The minimum absolute atomic E-state index is 0.0497. The second-order valence-corrected chi connectivity index (χ2v) is 9.22. The minimum Gasteiger partial charge on any atom is -0.344 e. The molecule has 0 aliphatic carbocycles. The van der Waals surface area contributed by atoms with Gasteiger partial charge in [0.15, 0.2) is 5.17 Å². The summed E-state index contributed by atoms with van der Waals surface area (Å²) in [7, 11) is 0. The van der Waals surface area contributed by atoms with Gasteiger partial charge in [-0.3, -0.25) is 9.98 Å². The summed E-state index contributed by atoms with van der Waals surface area (Å²) in [5, 5.41) is 1.19. The van der Waals surface area contributed by atoms with Crippen LogP contribution >= 0.6 is 11.8 Å². The normalized spacial score (nSPS) is 23.0. The molecule has 3 atom stereocenters. The Morgan fingerprint density at radius 2 is 1.87 bits per heavy atom. The van der Waals surface area contributed by atoms with E-state index < -0.39 is 0 Å². The molecule has 4 nitrogen and oxygen atoms in total. The Morgan fingerprint density at radius 1 is 1.07 bits per heavy atom. The van der Waals surface area contributed by atoms with Crippen LogP contribution in [0.4, 0.5) is 0 Å². The second kappa shape index (κ2) is 7.95. The van der Waals surface area contributed by atoms with E-state index in [2.05, 4.69) is 78.8 Å². The van der Waals surface area contributed by atoms with Crippen molar-refractivity contribution < 1.29 is 0 Å². The number of fused-ring (bicyclic) bond motifs is 1. The van der Waals surface area contributed by atoms with Crippen LogP contribution in [0.25, 0.3) is 0 Å². The highest BCUT2D eigenvalue weighted by atomic mass is 32.2. The number of aromatic nitrogens is 2. The summed E-state index contributed by atoms with van der Waals surface area (Å²) in [5.74, 6) is 1.13. The monoisotopic (exact) mass is 416 g/mol. The van der Waals surface area contributed by atoms with E-state index in [1.165, 1.54) is 27.7 Å². The number of nitrogens with zero attached hydrogens (tertiary/aromatic N) is 4. The third-order valence-corrected chi connectivity index (χ3v) is 7.57. The van der Waals surface area contributed by atoms with Crippen molar-refractivity contribution in [3.63, 3.8) is 0 Å². The molecule has 3 aromatic rings. The Kier molecular flexibility index (Phi) is 5.15. The van der Waals surface area contributed by atoms with Gasteiger partial charge in [0, 0.05) is 35.9 Å². The van der Waals surface area contributed by atoms with Crippen molar-refractivity contribution in [3.8, 4) is 0 Å². The maximum absolute atomic E-state index is 5.17. The maximum Gasteiger partial charge on any atom is 0.160 e. The molecule has 0 radical (unpaired) electrons. The molecule has 0 saturated carbocycles. The van der Waals surface area contributed by atoms with Gasteiger partial charge in [0.25, 0.3) is 0 Å². The molecule has 0 N–H and O–H groups in total. The number of aryl methyl sites for hydroxylation is 1. The fraction of sp³-hybridized carbons (Fsp3) is 0.360. The van der Waals surface area contributed by atoms with Gasteiger partial charge < -0.3 is 9.47 Å². The smallest absolute Gasteiger partial charge is 0.160 e. The minimum atomic E-state index is 0.0497. The van der Waals surface area contributed by atoms with Gasteiger partial charge >= 0.3 is 0 Å². The van der Waals surface area contributed by atoms with Crippen LogP contribution in [0.3, 0.4) is 0 Å². The van der Waals surface area contributed by atoms with Gasteiger partial charge in [0.1, 0.15) is 6.04 Å². The molecular formula is C25H28N4S. The molecule has 0 bridgehead atoms. The van der Waals surface area contributed by atoms with Crippen LogP contribution in [0.5, 0.6) is 0 Å². The van der Waals surface area contributed by atoms with E-state index in [0.29, 0.717) is 6.04 Å². The Balaban J connectivity index is 1.57. The molecule has 30 heavy (non-hydrogen) atoms. The lowest BCUT2D eigenvalue weighted by Gasteiger charge is -2.32. The summed E-state index contributed by atoms with van der Waals surface area (Å²) in [6.45, 7) is 7.68. The van der Waals surface area contributed by atoms with Gasteiger partial charge in [-0.05, 0) is 49.6 Å². The van der Waals surface area contributed by atoms with E-state index in [1.807, 2.05) is 24.0 Å². The third kappa shape index (κ3) is 3.25. The van der Waals surface area contributed by atoms with Gasteiger partial charge in [-0.15, -0.1) is 0 Å². The number of hydrogen-bond acceptors (Lipinski definition) is 4. The molecule has 1 aromatic carbocycles. The number of aliphatic imine (C=N–C) groups is 1. The second-order valence-electron chi connectivity index (χ2n) is 8.23. The molecule has 5 heteroatoms. The summed E-state index contributed by atoms with van der Waals surface area (Å²) in [5.41, 5.74) is 6.43. The van der Waals surface area contributed by atoms with Gasteiger partial charge in [0.2, 0.25) is 0 Å². The van der Waals surface area contributed by atoms with Gasteiger partial charge in [-0.25, -0.2) is 0 Å². The van der Waals surface area contributed by atoms with Crippen LogP contribution in [0.2, 0.25) is 0 Å². The van der Waals surface area contributed by atoms with E-state index in [1.54, 1.807) is 0 Å². The van der Waals surface area contributed by atoms with Crippen LogP contribution < -0.4 is 0 Å². The van der Waals surface area contributed by atoms with Crippen molar-refractivity contribution in [1.29, 1.82) is 0 Å². The number of benzene rings is 1. The van der Waals surface area contributed by atoms with E-state index in [-0.39, 0.29) is 12.1 Å². The lowest BCUT2D eigenvalue weighted by molar-refractivity contribution is 0.254. The van der Waals surface area contributed by atoms with E-state index in [4.69, 9.17) is 9.98 Å². The quantitative estimate of drug-likeness (QED) is 0.548. The lowest BCUT2D eigenvalue weighted by Crippen LogP contribution is -2.35. The fourth-order valence-corrected chi connectivity index (χ4v) is 6.16. The van der Waals surface area contributed by atoms with Crippen molar-refractivity contribution in [2.75, 3.05) is 5.75 Å². The first-order chi connectivity index (χ1) is 14.7. The highest BCUT2D eigenvalue weighted by Crippen LogP contribution is 2.49. The first kappa shape index (κ1) is 19.4. The molecule has 2 aromatic heterocycles. The standard InChI is InChI=1S/C25H28N4S/c1-4-20-16-30-25-27-23(22-12-8-9-13-26-22)24(29(20)25)21-14-17(2)28(18(21)3)15-19-10-6-5-7-11-19/h5-14,20,23-24H,4,15-16H2,1-3H3/t20-,23+,24-/m1/s1. The van der Waals surface area contributed by atoms with Crippen molar-refractivity contribution in [2.45, 2.75) is 51.9 Å². The average Bonchev–Trinajstić information content (AvgIpc) is 3.43.